The molecule has 2 aliphatic rings. The predicted octanol–water partition coefficient (Wildman–Crippen LogP) is 4.12. The molecule has 3 atom stereocenters. The van der Waals surface area contributed by atoms with Gasteiger partial charge >= 0.3 is 0 Å². The number of nitrogens with one attached hydrogen (secondary N) is 1. The molecule has 0 radical (unpaired) electrons. The zero-order valence-electron chi connectivity index (χ0n) is 16.5. The number of aliphatic hydroxyl groups excluding tert-OH is 1. The van der Waals surface area contributed by atoms with Crippen molar-refractivity contribution in [3.8, 4) is 5.69 Å². The lowest BCUT2D eigenvalue weighted by molar-refractivity contribution is 0.0909. The van der Waals surface area contributed by atoms with E-state index in [0.29, 0.717) is 5.56 Å². The molecule has 0 aliphatic heterocycles. The number of benzene rings is 2. The summed E-state index contributed by atoms with van der Waals surface area (Å²) >= 11 is 0. The van der Waals surface area contributed by atoms with Crippen molar-refractivity contribution < 1.29 is 23.1 Å². The van der Waals surface area contributed by atoms with Crippen molar-refractivity contribution in [2.45, 2.75) is 37.1 Å². The van der Waals surface area contributed by atoms with E-state index in [2.05, 4.69) is 10.4 Å². The lowest BCUT2D eigenvalue weighted by atomic mass is 9.95. The van der Waals surface area contributed by atoms with Crippen molar-refractivity contribution in [1.82, 2.24) is 15.1 Å². The quantitative estimate of drug-likeness (QED) is 0.644. The van der Waals surface area contributed by atoms with Crippen LogP contribution in [0.3, 0.4) is 0 Å². The van der Waals surface area contributed by atoms with E-state index in [-0.39, 0.29) is 29.8 Å². The first-order valence-corrected chi connectivity index (χ1v) is 10.2. The third kappa shape index (κ3) is 3.31. The van der Waals surface area contributed by atoms with Crippen LogP contribution in [0.4, 0.5) is 13.2 Å². The number of carbonyl (C=O) groups excluding carboxylic acids is 1. The maximum atomic E-state index is 14.5. The van der Waals surface area contributed by atoms with Crippen molar-refractivity contribution in [3.05, 3.63) is 82.4 Å². The van der Waals surface area contributed by atoms with Gasteiger partial charge in [-0.3, -0.25) is 4.79 Å². The van der Waals surface area contributed by atoms with Gasteiger partial charge in [0.2, 0.25) is 0 Å². The minimum absolute atomic E-state index is 0.0986. The number of aromatic nitrogens is 2. The van der Waals surface area contributed by atoms with Gasteiger partial charge in [0, 0.05) is 17.5 Å². The fraction of sp³-hybridized carbons (Fsp3) is 0.304. The molecular weight excluding hydrogens is 407 g/mol. The maximum absolute atomic E-state index is 14.5. The molecule has 0 saturated heterocycles. The second-order valence-corrected chi connectivity index (χ2v) is 8.12. The molecule has 1 amide bonds. The lowest BCUT2D eigenvalue weighted by Gasteiger charge is -2.17. The van der Waals surface area contributed by atoms with Crippen molar-refractivity contribution >= 4 is 5.91 Å². The molecule has 160 valence electrons. The highest BCUT2D eigenvalue weighted by atomic mass is 19.1. The smallest absolute Gasteiger partial charge is 0.272 e. The third-order valence-electron chi connectivity index (χ3n) is 6.30. The van der Waals surface area contributed by atoms with Crippen LogP contribution >= 0.6 is 0 Å². The Balaban J connectivity index is 1.53. The topological polar surface area (TPSA) is 67.2 Å². The minimum Gasteiger partial charge on any atom is -0.394 e. The molecule has 5 rings (SSSR count). The zero-order chi connectivity index (χ0) is 21.7. The first-order valence-electron chi connectivity index (χ1n) is 10.2. The molecule has 3 aromatic rings. The number of rotatable bonds is 5. The van der Waals surface area contributed by atoms with E-state index < -0.39 is 29.4 Å². The number of carbonyl (C=O) groups is 1. The highest BCUT2D eigenvalue weighted by Gasteiger charge is 2.44. The summed E-state index contributed by atoms with van der Waals surface area (Å²) in [5, 5.41) is 17.0. The number of halogens is 3. The molecule has 31 heavy (non-hydrogen) atoms. The van der Waals surface area contributed by atoms with Gasteiger partial charge in [-0.2, -0.15) is 5.10 Å². The molecule has 2 aliphatic carbocycles. The van der Waals surface area contributed by atoms with Gasteiger partial charge in [0.15, 0.2) is 11.5 Å². The number of fused-ring (bicyclic) bond motifs is 5. The van der Waals surface area contributed by atoms with E-state index in [0.717, 1.165) is 42.7 Å². The average molecular weight is 427 g/mol. The summed E-state index contributed by atoms with van der Waals surface area (Å²) < 4.78 is 42.6. The Morgan fingerprint density at radius 3 is 2.52 bits per heavy atom. The second-order valence-electron chi connectivity index (χ2n) is 8.12. The van der Waals surface area contributed by atoms with Crippen LogP contribution in [-0.2, 0) is 0 Å². The van der Waals surface area contributed by atoms with Crippen LogP contribution < -0.4 is 5.32 Å². The number of aliphatic hydroxyl groups is 1. The minimum atomic E-state index is -0.750. The fourth-order valence-corrected chi connectivity index (χ4v) is 4.89. The summed E-state index contributed by atoms with van der Waals surface area (Å²) in [7, 11) is 0. The van der Waals surface area contributed by atoms with E-state index in [9.17, 15) is 23.1 Å². The van der Waals surface area contributed by atoms with Gasteiger partial charge in [0.05, 0.1) is 18.3 Å². The summed E-state index contributed by atoms with van der Waals surface area (Å²) in [6.07, 6.45) is 2.73. The van der Waals surface area contributed by atoms with Gasteiger partial charge < -0.3 is 10.4 Å². The lowest BCUT2D eigenvalue weighted by Crippen LogP contribution is -2.32. The SMILES string of the molecule is O=C(N[C@H](CO)c1ccc(F)cc1)c1nn(-c2ccc(F)cc2F)c2c1C1CCC2C1. The van der Waals surface area contributed by atoms with Crippen molar-refractivity contribution in [3.63, 3.8) is 0 Å². The van der Waals surface area contributed by atoms with Gasteiger partial charge in [-0.05, 0) is 55.0 Å². The molecule has 1 heterocycles. The number of hydrogen-bond acceptors (Lipinski definition) is 3. The Morgan fingerprint density at radius 1 is 1.10 bits per heavy atom. The normalized spacial score (nSPS) is 20.0. The van der Waals surface area contributed by atoms with Crippen LogP contribution in [0.2, 0.25) is 0 Å². The van der Waals surface area contributed by atoms with Crippen LogP contribution in [0.25, 0.3) is 5.69 Å². The number of hydrogen-bond donors (Lipinski definition) is 2. The zero-order valence-corrected chi connectivity index (χ0v) is 16.5. The highest BCUT2D eigenvalue weighted by Crippen LogP contribution is 2.54. The van der Waals surface area contributed by atoms with Crippen molar-refractivity contribution in [2.24, 2.45) is 0 Å². The van der Waals surface area contributed by atoms with E-state index in [1.165, 1.54) is 35.0 Å². The van der Waals surface area contributed by atoms with Crippen LogP contribution in [0.15, 0.2) is 42.5 Å². The molecular formula is C23H20F3N3O2. The Kier molecular flexibility index (Phi) is 4.81. The van der Waals surface area contributed by atoms with E-state index in [1.54, 1.807) is 0 Å². The Hall–Kier alpha value is -3.13. The van der Waals surface area contributed by atoms with Crippen molar-refractivity contribution in [2.75, 3.05) is 6.61 Å². The summed E-state index contributed by atoms with van der Waals surface area (Å²) in [5.41, 5.74) is 2.44. The summed E-state index contributed by atoms with van der Waals surface area (Å²) in [6, 6.07) is 8.04. The third-order valence-corrected chi connectivity index (χ3v) is 6.30. The van der Waals surface area contributed by atoms with E-state index in [4.69, 9.17) is 0 Å². The van der Waals surface area contributed by atoms with Gasteiger partial charge in [0.25, 0.3) is 5.91 Å². The largest absolute Gasteiger partial charge is 0.394 e. The van der Waals surface area contributed by atoms with Gasteiger partial charge in [-0.25, -0.2) is 17.9 Å². The number of nitrogens with zero attached hydrogens (tertiary/aromatic N) is 2. The Morgan fingerprint density at radius 2 is 1.81 bits per heavy atom. The molecule has 1 saturated carbocycles. The maximum Gasteiger partial charge on any atom is 0.272 e. The molecule has 2 aromatic carbocycles. The number of amides is 1. The molecule has 5 nitrogen and oxygen atoms in total. The Bertz CT molecular complexity index is 1160. The van der Waals surface area contributed by atoms with Gasteiger partial charge in [-0.15, -0.1) is 0 Å². The van der Waals surface area contributed by atoms with Crippen LogP contribution in [0.1, 0.15) is 64.4 Å². The first-order chi connectivity index (χ1) is 15.0. The van der Waals surface area contributed by atoms with E-state index >= 15 is 0 Å². The van der Waals surface area contributed by atoms with Crippen molar-refractivity contribution in [1.29, 1.82) is 0 Å². The second kappa shape index (κ2) is 7.53. The van der Waals surface area contributed by atoms with Gasteiger partial charge in [0.1, 0.15) is 17.3 Å². The average Bonchev–Trinajstić information content (AvgIpc) is 3.46. The molecule has 2 unspecified atom stereocenters. The standard InChI is InChI=1S/C23H20F3N3O2/c24-15-5-3-12(4-6-15)18(11-30)27-23(31)21-20-13-1-2-14(9-13)22(20)29(28-21)19-8-7-16(25)10-17(19)26/h3-8,10,13-14,18,30H,1-2,9,11H2,(H,27,31)/t13?,14?,18-/m1/s1. The van der Waals surface area contributed by atoms with Crippen LogP contribution in [0, 0.1) is 17.5 Å². The Labute approximate surface area is 176 Å². The van der Waals surface area contributed by atoms with Crippen LogP contribution in [-0.4, -0.2) is 27.4 Å². The first kappa shape index (κ1) is 19.8. The molecule has 8 heteroatoms. The summed E-state index contributed by atoms with van der Waals surface area (Å²) in [6.45, 7) is -0.376. The molecule has 1 fully saturated rings. The van der Waals surface area contributed by atoms with Gasteiger partial charge in [-0.1, -0.05) is 12.1 Å². The molecule has 2 N–H and O–H groups in total. The summed E-state index contributed by atoms with van der Waals surface area (Å²) in [4.78, 5) is 13.1. The highest BCUT2D eigenvalue weighted by molar-refractivity contribution is 5.95. The molecule has 0 spiro atoms. The molecule has 1 aromatic heterocycles. The predicted molar refractivity (Wildman–Crippen MR) is 107 cm³/mol. The monoisotopic (exact) mass is 427 g/mol. The van der Waals surface area contributed by atoms with E-state index in [1.807, 2.05) is 0 Å². The fourth-order valence-electron chi connectivity index (χ4n) is 4.89. The van der Waals surface area contributed by atoms with Crippen LogP contribution in [0.5, 0.6) is 0 Å². The summed E-state index contributed by atoms with van der Waals surface area (Å²) in [5.74, 6) is -2.01. The molecule has 2 bridgehead atoms.